The van der Waals surface area contributed by atoms with Gasteiger partial charge in [-0.15, -0.1) is 0 Å². The number of hydrogen-bond donors (Lipinski definition) is 2. The molecular formula is C20H18O2. The second kappa shape index (κ2) is 5.94. The van der Waals surface area contributed by atoms with Crippen molar-refractivity contribution in [3.8, 4) is 33.8 Å². The Labute approximate surface area is 130 Å². The van der Waals surface area contributed by atoms with Gasteiger partial charge in [0.15, 0.2) is 0 Å². The lowest BCUT2D eigenvalue weighted by molar-refractivity contribution is 0.475. The summed E-state index contributed by atoms with van der Waals surface area (Å²) in [4.78, 5) is 0. The van der Waals surface area contributed by atoms with Crippen LogP contribution in [0.2, 0.25) is 0 Å². The van der Waals surface area contributed by atoms with E-state index in [1.54, 1.807) is 24.3 Å². The molecule has 3 rings (SSSR count). The van der Waals surface area contributed by atoms with Gasteiger partial charge in [-0.05, 0) is 64.6 Å². The lowest BCUT2D eigenvalue weighted by atomic mass is 9.95. The molecule has 0 spiro atoms. The van der Waals surface area contributed by atoms with Gasteiger partial charge in [-0.2, -0.15) is 0 Å². The van der Waals surface area contributed by atoms with Crippen molar-refractivity contribution in [1.82, 2.24) is 0 Å². The molecule has 0 unspecified atom stereocenters. The number of rotatable bonds is 3. The van der Waals surface area contributed by atoms with Crippen LogP contribution in [0.5, 0.6) is 11.5 Å². The zero-order chi connectivity index (χ0) is 15.5. The zero-order valence-corrected chi connectivity index (χ0v) is 12.5. The van der Waals surface area contributed by atoms with Crippen LogP contribution in [0.1, 0.15) is 12.5 Å². The Hall–Kier alpha value is -2.74. The van der Waals surface area contributed by atoms with Crippen molar-refractivity contribution in [2.24, 2.45) is 0 Å². The van der Waals surface area contributed by atoms with Crippen molar-refractivity contribution in [2.75, 3.05) is 0 Å². The van der Waals surface area contributed by atoms with Gasteiger partial charge >= 0.3 is 0 Å². The van der Waals surface area contributed by atoms with E-state index in [0.717, 1.165) is 28.7 Å². The number of aromatic hydroxyl groups is 2. The van der Waals surface area contributed by atoms with Crippen molar-refractivity contribution < 1.29 is 10.2 Å². The van der Waals surface area contributed by atoms with Crippen LogP contribution in [0.15, 0.2) is 66.7 Å². The normalized spacial score (nSPS) is 10.6. The smallest absolute Gasteiger partial charge is 0.115 e. The average Bonchev–Trinajstić information content (AvgIpc) is 2.55. The number of benzene rings is 3. The predicted molar refractivity (Wildman–Crippen MR) is 90.0 cm³/mol. The van der Waals surface area contributed by atoms with Crippen LogP contribution < -0.4 is 0 Å². The quantitative estimate of drug-likeness (QED) is 0.713. The summed E-state index contributed by atoms with van der Waals surface area (Å²) in [5.74, 6) is 0.545. The molecule has 0 saturated carbocycles. The van der Waals surface area contributed by atoms with Crippen LogP contribution in [-0.2, 0) is 6.42 Å². The first-order valence-electron chi connectivity index (χ1n) is 7.38. The SMILES string of the molecule is CCc1cc(-c2ccc(O)cc2)cc(-c2ccc(O)cc2)c1. The lowest BCUT2D eigenvalue weighted by Crippen LogP contribution is -1.87. The molecule has 110 valence electrons. The molecule has 0 aliphatic carbocycles. The predicted octanol–water partition coefficient (Wildman–Crippen LogP) is 4.99. The first kappa shape index (κ1) is 14.2. The molecule has 0 amide bonds. The maximum atomic E-state index is 9.44. The standard InChI is InChI=1S/C20H18O2/c1-2-14-11-17(15-3-7-19(21)8-4-15)13-18(12-14)16-5-9-20(22)10-6-16/h3-13,21-22H,2H2,1H3. The minimum atomic E-state index is 0.272. The molecule has 0 atom stereocenters. The van der Waals surface area contributed by atoms with E-state index in [2.05, 4.69) is 25.1 Å². The highest BCUT2D eigenvalue weighted by atomic mass is 16.3. The summed E-state index contributed by atoms with van der Waals surface area (Å²) in [5.41, 5.74) is 5.67. The fraction of sp³-hybridized carbons (Fsp3) is 0.100. The molecule has 0 saturated heterocycles. The summed E-state index contributed by atoms with van der Waals surface area (Å²) < 4.78 is 0. The molecule has 0 aliphatic heterocycles. The fourth-order valence-electron chi connectivity index (χ4n) is 2.54. The largest absolute Gasteiger partial charge is 0.508 e. The van der Waals surface area contributed by atoms with Gasteiger partial charge in [-0.1, -0.05) is 43.3 Å². The summed E-state index contributed by atoms with van der Waals surface area (Å²) in [6.07, 6.45) is 0.955. The monoisotopic (exact) mass is 290 g/mol. The Kier molecular flexibility index (Phi) is 3.84. The molecular weight excluding hydrogens is 272 g/mol. The zero-order valence-electron chi connectivity index (χ0n) is 12.5. The molecule has 0 fully saturated rings. The fourth-order valence-corrected chi connectivity index (χ4v) is 2.54. The highest BCUT2D eigenvalue weighted by Gasteiger charge is 2.05. The van der Waals surface area contributed by atoms with Crippen molar-refractivity contribution in [1.29, 1.82) is 0 Å². The van der Waals surface area contributed by atoms with E-state index in [1.165, 1.54) is 5.56 Å². The Balaban J connectivity index is 2.10. The molecule has 0 radical (unpaired) electrons. The average molecular weight is 290 g/mol. The third kappa shape index (κ3) is 2.96. The van der Waals surface area contributed by atoms with E-state index in [4.69, 9.17) is 0 Å². The highest BCUT2D eigenvalue weighted by molar-refractivity contribution is 5.74. The molecule has 3 aromatic rings. The van der Waals surface area contributed by atoms with E-state index >= 15 is 0 Å². The topological polar surface area (TPSA) is 40.5 Å². The van der Waals surface area contributed by atoms with Gasteiger partial charge in [0.05, 0.1) is 0 Å². The molecule has 0 aromatic heterocycles. The van der Waals surface area contributed by atoms with Crippen molar-refractivity contribution >= 4 is 0 Å². The van der Waals surface area contributed by atoms with Crippen molar-refractivity contribution in [3.05, 3.63) is 72.3 Å². The van der Waals surface area contributed by atoms with Crippen LogP contribution >= 0.6 is 0 Å². The molecule has 2 nitrogen and oxygen atoms in total. The van der Waals surface area contributed by atoms with Crippen LogP contribution in [0.4, 0.5) is 0 Å². The third-order valence-electron chi connectivity index (χ3n) is 3.80. The summed E-state index contributed by atoms with van der Waals surface area (Å²) in [7, 11) is 0. The first-order valence-corrected chi connectivity index (χ1v) is 7.38. The molecule has 2 heteroatoms. The summed E-state index contributed by atoms with van der Waals surface area (Å²) in [6.45, 7) is 2.14. The van der Waals surface area contributed by atoms with Crippen molar-refractivity contribution in [3.63, 3.8) is 0 Å². The molecule has 22 heavy (non-hydrogen) atoms. The maximum absolute atomic E-state index is 9.44. The van der Waals surface area contributed by atoms with E-state index in [9.17, 15) is 10.2 Å². The van der Waals surface area contributed by atoms with E-state index in [1.807, 2.05) is 24.3 Å². The second-order valence-electron chi connectivity index (χ2n) is 5.37. The van der Waals surface area contributed by atoms with Gasteiger partial charge in [-0.3, -0.25) is 0 Å². The Morgan fingerprint density at radius 3 is 1.36 bits per heavy atom. The highest BCUT2D eigenvalue weighted by Crippen LogP contribution is 2.30. The summed E-state index contributed by atoms with van der Waals surface area (Å²) in [6, 6.07) is 21.0. The number of phenolic OH excluding ortho intramolecular Hbond substituents is 2. The Morgan fingerprint density at radius 2 is 1.00 bits per heavy atom. The minimum Gasteiger partial charge on any atom is -0.508 e. The first-order chi connectivity index (χ1) is 10.7. The molecule has 0 heterocycles. The van der Waals surface area contributed by atoms with Gasteiger partial charge in [0.1, 0.15) is 11.5 Å². The summed E-state index contributed by atoms with van der Waals surface area (Å²) >= 11 is 0. The molecule has 0 bridgehead atoms. The van der Waals surface area contributed by atoms with Gasteiger partial charge in [0.2, 0.25) is 0 Å². The van der Waals surface area contributed by atoms with Crippen LogP contribution in [-0.4, -0.2) is 10.2 Å². The molecule has 0 aliphatic rings. The van der Waals surface area contributed by atoms with Crippen LogP contribution in [0, 0.1) is 0 Å². The maximum Gasteiger partial charge on any atom is 0.115 e. The van der Waals surface area contributed by atoms with E-state index in [-0.39, 0.29) is 11.5 Å². The van der Waals surface area contributed by atoms with Gasteiger partial charge < -0.3 is 10.2 Å². The van der Waals surface area contributed by atoms with E-state index in [0.29, 0.717) is 0 Å². The van der Waals surface area contributed by atoms with E-state index < -0.39 is 0 Å². The second-order valence-corrected chi connectivity index (χ2v) is 5.37. The van der Waals surface area contributed by atoms with Crippen molar-refractivity contribution in [2.45, 2.75) is 13.3 Å². The number of aryl methyl sites for hydroxylation is 1. The van der Waals surface area contributed by atoms with Crippen LogP contribution in [0.25, 0.3) is 22.3 Å². The molecule has 2 N–H and O–H groups in total. The number of phenols is 2. The Bertz CT molecular complexity index is 708. The van der Waals surface area contributed by atoms with Gasteiger partial charge in [0.25, 0.3) is 0 Å². The number of hydrogen-bond acceptors (Lipinski definition) is 2. The minimum absolute atomic E-state index is 0.272. The third-order valence-corrected chi connectivity index (χ3v) is 3.80. The lowest BCUT2D eigenvalue weighted by Gasteiger charge is -2.10. The summed E-state index contributed by atoms with van der Waals surface area (Å²) in [5, 5.41) is 18.9. The Morgan fingerprint density at radius 1 is 0.591 bits per heavy atom. The van der Waals surface area contributed by atoms with Gasteiger partial charge in [0, 0.05) is 0 Å². The molecule has 3 aromatic carbocycles. The van der Waals surface area contributed by atoms with Crippen LogP contribution in [0.3, 0.4) is 0 Å². The van der Waals surface area contributed by atoms with Gasteiger partial charge in [-0.25, -0.2) is 0 Å².